The first-order valence-electron chi connectivity index (χ1n) is 7.32. The van der Waals surface area contributed by atoms with E-state index in [-0.39, 0.29) is 27.5 Å². The van der Waals surface area contributed by atoms with Gasteiger partial charge in [0.2, 0.25) is 0 Å². The summed E-state index contributed by atoms with van der Waals surface area (Å²) in [5.74, 6) is 1.64. The zero-order valence-corrected chi connectivity index (χ0v) is 19.4. The molecule has 1 N–H and O–H groups in total. The number of aryl methyl sites for hydroxylation is 1. The number of ether oxygens (including phenoxy) is 2. The van der Waals surface area contributed by atoms with Crippen LogP contribution in [-0.4, -0.2) is 39.2 Å². The summed E-state index contributed by atoms with van der Waals surface area (Å²) in [6, 6.07) is 14.7. The summed E-state index contributed by atoms with van der Waals surface area (Å²) in [6.45, 7) is 3.99. The van der Waals surface area contributed by atoms with E-state index in [9.17, 15) is 8.42 Å². The van der Waals surface area contributed by atoms with Crippen LogP contribution in [0.2, 0.25) is 0 Å². The number of benzene rings is 2. The molecule has 0 atom stereocenters. The van der Waals surface area contributed by atoms with E-state index in [0.717, 1.165) is 34.0 Å². The molecule has 0 amide bonds. The fourth-order valence-electron chi connectivity index (χ4n) is 1.88. The van der Waals surface area contributed by atoms with E-state index in [1.165, 1.54) is 0 Å². The van der Waals surface area contributed by atoms with Gasteiger partial charge in [-0.15, -0.1) is 29.8 Å². The Morgan fingerprint density at radius 1 is 1.11 bits per heavy atom. The van der Waals surface area contributed by atoms with Crippen LogP contribution in [0.25, 0.3) is 0 Å². The largest absolute Gasteiger partial charge is 0.540 e. The van der Waals surface area contributed by atoms with Gasteiger partial charge < -0.3 is 21.9 Å². The van der Waals surface area contributed by atoms with E-state index < -0.39 is 10.1 Å². The van der Waals surface area contributed by atoms with Crippen molar-refractivity contribution in [2.75, 3.05) is 20.5 Å². The molecule has 153 valence electrons. The second kappa shape index (κ2) is 12.6. The Morgan fingerprint density at radius 3 is 2.04 bits per heavy atom. The molecule has 2 aromatic carbocycles. The molecule has 27 heavy (non-hydrogen) atoms. The number of rotatable bonds is 4. The molecule has 0 bridgehead atoms. The van der Waals surface area contributed by atoms with Gasteiger partial charge in [-0.3, -0.25) is 4.55 Å². The minimum atomic E-state index is -3.67. The maximum Gasteiger partial charge on any atom is 0.261 e. The zero-order chi connectivity index (χ0) is 19.0. The molecule has 0 unspecified atom stereocenters. The molecule has 0 aromatic heterocycles. The molecule has 0 heterocycles. The maximum atomic E-state index is 9.19. The van der Waals surface area contributed by atoms with Crippen LogP contribution < -0.4 is 9.47 Å². The molecular formula is C19H25IrNO5S-2. The Labute approximate surface area is 175 Å². The van der Waals surface area contributed by atoms with E-state index in [0.29, 0.717) is 6.26 Å². The Kier molecular flexibility index (Phi) is 12.8. The van der Waals surface area contributed by atoms with Gasteiger partial charge in [-0.25, -0.2) is 0 Å². The minimum Gasteiger partial charge on any atom is -0.540 e. The van der Waals surface area contributed by atoms with Crippen LogP contribution in [0.1, 0.15) is 18.1 Å². The number of hydrogen-bond donors (Lipinski definition) is 1. The number of nitrogens with zero attached hydrogens (tertiary/aromatic N) is 1. The van der Waals surface area contributed by atoms with Gasteiger partial charge in [-0.1, -0.05) is 6.92 Å². The van der Waals surface area contributed by atoms with Crippen LogP contribution in [0.4, 0.5) is 5.69 Å². The fourth-order valence-corrected chi connectivity index (χ4v) is 1.88. The third-order valence-electron chi connectivity index (χ3n) is 3.10. The Bertz CT molecular complexity index is 826. The first-order chi connectivity index (χ1) is 11.6. The summed E-state index contributed by atoms with van der Waals surface area (Å²) in [5.41, 5.74) is 3.90. The summed E-state index contributed by atoms with van der Waals surface area (Å²) in [6.07, 6.45) is 0.715. The molecule has 2 rings (SSSR count). The van der Waals surface area contributed by atoms with Gasteiger partial charge in [0, 0.05) is 25.9 Å². The number of hydrogen-bond acceptors (Lipinski definition) is 5. The van der Waals surface area contributed by atoms with Crippen molar-refractivity contribution < 1.29 is 42.5 Å². The van der Waals surface area contributed by atoms with Crippen molar-refractivity contribution in [2.45, 2.75) is 13.8 Å². The molecule has 0 aliphatic rings. The SMILES string of the molecule is COc1c[c-]c(C(C)=Nc2ccc(OC)cc2C)cc1.CS(=O)(=O)O.[CH3-].[Ir]. The van der Waals surface area contributed by atoms with Crippen LogP contribution in [-0.2, 0) is 30.2 Å². The van der Waals surface area contributed by atoms with E-state index in [4.69, 9.17) is 14.0 Å². The second-order valence-corrected chi connectivity index (χ2v) is 6.69. The van der Waals surface area contributed by atoms with Crippen molar-refractivity contribution >= 4 is 21.5 Å². The van der Waals surface area contributed by atoms with Crippen molar-refractivity contribution in [3.05, 3.63) is 61.0 Å². The van der Waals surface area contributed by atoms with Crippen LogP contribution in [0.15, 0.2) is 41.4 Å². The van der Waals surface area contributed by atoms with E-state index in [1.807, 2.05) is 50.2 Å². The molecule has 0 saturated carbocycles. The predicted octanol–water partition coefficient (Wildman–Crippen LogP) is 3.90. The second-order valence-electron chi connectivity index (χ2n) is 5.22. The van der Waals surface area contributed by atoms with Gasteiger partial charge in [0.1, 0.15) is 5.75 Å². The Hall–Kier alpha value is -1.73. The van der Waals surface area contributed by atoms with Gasteiger partial charge in [0.15, 0.2) is 0 Å². The molecule has 0 aliphatic heterocycles. The molecule has 0 aliphatic carbocycles. The molecule has 2 aromatic rings. The Morgan fingerprint density at radius 2 is 1.63 bits per heavy atom. The van der Waals surface area contributed by atoms with Gasteiger partial charge >= 0.3 is 0 Å². The zero-order valence-electron chi connectivity index (χ0n) is 16.2. The molecule has 0 saturated heterocycles. The third-order valence-corrected chi connectivity index (χ3v) is 3.10. The molecule has 6 nitrogen and oxygen atoms in total. The summed E-state index contributed by atoms with van der Waals surface area (Å²) in [4.78, 5) is 4.65. The van der Waals surface area contributed by atoms with Crippen molar-refractivity contribution in [1.82, 2.24) is 0 Å². The van der Waals surface area contributed by atoms with Gasteiger partial charge in [-0.05, 0) is 36.4 Å². The first kappa shape index (κ1) is 27.5. The van der Waals surface area contributed by atoms with Gasteiger partial charge in [0.05, 0.1) is 26.2 Å². The van der Waals surface area contributed by atoms with E-state index in [1.54, 1.807) is 14.2 Å². The van der Waals surface area contributed by atoms with E-state index >= 15 is 0 Å². The number of aliphatic imine (C=N–C) groups is 1. The average molecular weight is 572 g/mol. The van der Waals surface area contributed by atoms with Crippen LogP contribution >= 0.6 is 0 Å². The average Bonchev–Trinajstić information content (AvgIpc) is 2.55. The van der Waals surface area contributed by atoms with E-state index in [2.05, 4.69) is 11.1 Å². The monoisotopic (exact) mass is 572 g/mol. The summed E-state index contributed by atoms with van der Waals surface area (Å²) in [5, 5.41) is 0. The van der Waals surface area contributed by atoms with Crippen LogP contribution in [0, 0.1) is 20.4 Å². The molecule has 1 radical (unpaired) electrons. The van der Waals surface area contributed by atoms with Gasteiger partial charge in [0.25, 0.3) is 10.1 Å². The summed E-state index contributed by atoms with van der Waals surface area (Å²) >= 11 is 0. The molecular weight excluding hydrogens is 546 g/mol. The summed E-state index contributed by atoms with van der Waals surface area (Å²) < 4.78 is 36.2. The minimum absolute atomic E-state index is 0. The van der Waals surface area contributed by atoms with Crippen molar-refractivity contribution in [2.24, 2.45) is 4.99 Å². The number of methoxy groups -OCH3 is 2. The van der Waals surface area contributed by atoms with Crippen LogP contribution in [0.3, 0.4) is 0 Å². The standard InChI is InChI=1S/C17H18NO2.CH4O3S.CH3.Ir/c1-12-11-16(20-4)9-10-17(12)18-13(2)14-5-7-15(19-3)8-6-14;1-5(2,3)4;;/h5,7-11H,1-4H3;1H3,(H,2,3,4);1H3;/q-1;;-1;. The van der Waals surface area contributed by atoms with Crippen molar-refractivity contribution in [3.8, 4) is 11.5 Å². The normalized spacial score (nSPS) is 10.5. The summed E-state index contributed by atoms with van der Waals surface area (Å²) in [7, 11) is -0.361. The molecule has 8 heteroatoms. The molecule has 0 spiro atoms. The fraction of sp³-hybridized carbons (Fsp3) is 0.263. The van der Waals surface area contributed by atoms with Crippen LogP contribution in [0.5, 0.6) is 11.5 Å². The molecule has 0 fully saturated rings. The van der Waals surface area contributed by atoms with Crippen molar-refractivity contribution in [1.29, 1.82) is 0 Å². The predicted molar refractivity (Wildman–Crippen MR) is 105 cm³/mol. The smallest absolute Gasteiger partial charge is 0.261 e. The third kappa shape index (κ3) is 10.9. The van der Waals surface area contributed by atoms with Gasteiger partial charge in [-0.2, -0.15) is 8.42 Å². The topological polar surface area (TPSA) is 85.2 Å². The van der Waals surface area contributed by atoms with Crippen molar-refractivity contribution in [3.63, 3.8) is 0 Å². The maximum absolute atomic E-state index is 9.19. The quantitative estimate of drug-likeness (QED) is 0.342. The first-order valence-corrected chi connectivity index (χ1v) is 9.17. The Balaban J connectivity index is 0.